The smallest absolute Gasteiger partial charge is 0.191 e. The molecule has 2 aliphatic rings. The molecule has 176 valence electrons. The second kappa shape index (κ2) is 12.3. The van der Waals surface area contributed by atoms with E-state index in [0.717, 1.165) is 69.0 Å². The lowest BCUT2D eigenvalue weighted by molar-refractivity contribution is 0.0514. The maximum absolute atomic E-state index is 6.60. The van der Waals surface area contributed by atoms with Gasteiger partial charge in [0.05, 0.1) is 12.3 Å². The van der Waals surface area contributed by atoms with Crippen LogP contribution in [0.1, 0.15) is 43.0 Å². The van der Waals surface area contributed by atoms with E-state index >= 15 is 0 Å². The normalized spacial score (nSPS) is 19.9. The van der Waals surface area contributed by atoms with Crippen molar-refractivity contribution in [2.24, 2.45) is 4.99 Å². The highest BCUT2D eigenvalue weighted by Gasteiger charge is 2.36. The average molecular weight is 573 g/mol. The van der Waals surface area contributed by atoms with Gasteiger partial charge in [0.25, 0.3) is 0 Å². The molecule has 1 aromatic carbocycles. The Hall–Kier alpha value is -1.29. The van der Waals surface area contributed by atoms with Crippen LogP contribution in [0.25, 0.3) is 0 Å². The van der Waals surface area contributed by atoms with Gasteiger partial charge in [0.1, 0.15) is 5.76 Å². The van der Waals surface area contributed by atoms with Gasteiger partial charge in [0.2, 0.25) is 0 Å². The second-order valence-electron chi connectivity index (χ2n) is 8.45. The molecule has 2 aromatic rings. The molecule has 1 unspecified atom stereocenters. The Balaban J connectivity index is 0.00000289. The molecule has 0 amide bonds. The summed E-state index contributed by atoms with van der Waals surface area (Å²) in [5.74, 6) is 1.80. The lowest BCUT2D eigenvalue weighted by atomic mass is 9.74. The number of aliphatic imine (C=N–C) groups is 1. The van der Waals surface area contributed by atoms with E-state index in [1.807, 2.05) is 25.2 Å². The van der Waals surface area contributed by atoms with Crippen LogP contribution in [0.5, 0.6) is 0 Å². The van der Waals surface area contributed by atoms with Crippen molar-refractivity contribution in [2.45, 2.75) is 37.1 Å². The highest BCUT2D eigenvalue weighted by atomic mass is 127. The Bertz CT molecular complexity index is 849. The van der Waals surface area contributed by atoms with Crippen LogP contribution < -0.4 is 10.6 Å². The van der Waals surface area contributed by atoms with Crippen LogP contribution in [-0.4, -0.2) is 57.3 Å². The number of ether oxygens (including phenoxy) is 1. The third-order valence-electron chi connectivity index (χ3n) is 6.63. The van der Waals surface area contributed by atoms with Crippen molar-refractivity contribution in [1.82, 2.24) is 15.5 Å². The summed E-state index contributed by atoms with van der Waals surface area (Å²) in [4.78, 5) is 6.97. The largest absolute Gasteiger partial charge is 0.468 e. The number of nitrogens with zero attached hydrogens (tertiary/aromatic N) is 2. The molecule has 4 rings (SSSR count). The van der Waals surface area contributed by atoms with E-state index < -0.39 is 0 Å². The fourth-order valence-corrected chi connectivity index (χ4v) is 5.14. The summed E-state index contributed by atoms with van der Waals surface area (Å²) in [7, 11) is 1.82. The average Bonchev–Trinajstić information content (AvgIpc) is 3.52. The third-order valence-corrected chi connectivity index (χ3v) is 6.96. The molecular formula is C24H34ClIN4O2. The molecule has 1 aromatic heterocycles. The lowest BCUT2D eigenvalue weighted by Gasteiger charge is -2.39. The van der Waals surface area contributed by atoms with Crippen molar-refractivity contribution in [1.29, 1.82) is 0 Å². The van der Waals surface area contributed by atoms with Gasteiger partial charge >= 0.3 is 0 Å². The number of guanidine groups is 1. The topological polar surface area (TPSA) is 62.0 Å². The fourth-order valence-electron chi connectivity index (χ4n) is 4.81. The lowest BCUT2D eigenvalue weighted by Crippen LogP contribution is -2.49. The maximum atomic E-state index is 6.60. The summed E-state index contributed by atoms with van der Waals surface area (Å²) in [6.07, 6.45) is 6.11. The first-order chi connectivity index (χ1) is 15.2. The molecule has 8 heteroatoms. The van der Waals surface area contributed by atoms with Crippen LogP contribution in [-0.2, 0) is 10.2 Å². The zero-order valence-electron chi connectivity index (χ0n) is 18.7. The van der Waals surface area contributed by atoms with Crippen molar-refractivity contribution in [3.8, 4) is 0 Å². The van der Waals surface area contributed by atoms with E-state index in [-0.39, 0.29) is 35.4 Å². The number of hydrogen-bond donors (Lipinski definition) is 2. The van der Waals surface area contributed by atoms with E-state index in [1.54, 1.807) is 6.26 Å². The second-order valence-corrected chi connectivity index (χ2v) is 8.86. The Morgan fingerprint density at radius 3 is 2.53 bits per heavy atom. The molecule has 2 N–H and O–H groups in total. The van der Waals surface area contributed by atoms with Crippen LogP contribution in [0, 0.1) is 0 Å². The van der Waals surface area contributed by atoms with Crippen LogP contribution in [0.15, 0.2) is 52.1 Å². The number of likely N-dealkylation sites (tertiary alicyclic amines) is 1. The monoisotopic (exact) mass is 572 g/mol. The highest BCUT2D eigenvalue weighted by Crippen LogP contribution is 2.38. The standard InChI is InChI=1S/C24H33ClN4O2.HI/c1-26-23(27-17-21(22-9-6-14-31-22)29-12-4-5-13-29)28-18-24(10-15-30-16-11-24)19-7-2-3-8-20(19)25;/h2-3,6-9,14,21H,4-5,10-13,15-18H2,1H3,(H2,26,27,28);1H. The van der Waals surface area contributed by atoms with Gasteiger partial charge in [0, 0.05) is 43.8 Å². The van der Waals surface area contributed by atoms with E-state index in [9.17, 15) is 0 Å². The number of nitrogens with one attached hydrogen (secondary N) is 2. The van der Waals surface area contributed by atoms with Crippen molar-refractivity contribution in [2.75, 3.05) is 46.4 Å². The summed E-state index contributed by atoms with van der Waals surface area (Å²) in [5, 5.41) is 7.92. The number of benzene rings is 1. The van der Waals surface area contributed by atoms with Crippen molar-refractivity contribution in [3.63, 3.8) is 0 Å². The summed E-state index contributed by atoms with van der Waals surface area (Å²) in [6, 6.07) is 12.4. The first kappa shape index (κ1) is 25.3. The molecule has 6 nitrogen and oxygen atoms in total. The fraction of sp³-hybridized carbons (Fsp3) is 0.542. The molecule has 0 saturated carbocycles. The Labute approximate surface area is 213 Å². The van der Waals surface area contributed by atoms with Crippen LogP contribution in [0.2, 0.25) is 5.02 Å². The Morgan fingerprint density at radius 1 is 1.12 bits per heavy atom. The molecule has 0 bridgehead atoms. The predicted molar refractivity (Wildman–Crippen MR) is 140 cm³/mol. The van der Waals surface area contributed by atoms with E-state index in [2.05, 4.69) is 38.7 Å². The molecule has 1 atom stereocenters. The van der Waals surface area contributed by atoms with E-state index in [4.69, 9.17) is 20.8 Å². The van der Waals surface area contributed by atoms with Crippen LogP contribution >= 0.6 is 35.6 Å². The molecule has 32 heavy (non-hydrogen) atoms. The molecule has 0 spiro atoms. The van der Waals surface area contributed by atoms with Gasteiger partial charge in [-0.1, -0.05) is 29.8 Å². The molecular weight excluding hydrogens is 539 g/mol. The van der Waals surface area contributed by atoms with Crippen molar-refractivity contribution < 1.29 is 9.15 Å². The Morgan fingerprint density at radius 2 is 1.88 bits per heavy atom. The van der Waals surface area contributed by atoms with Gasteiger partial charge < -0.3 is 19.8 Å². The first-order valence-electron chi connectivity index (χ1n) is 11.3. The van der Waals surface area contributed by atoms with Crippen molar-refractivity contribution >= 4 is 41.5 Å². The van der Waals surface area contributed by atoms with Gasteiger partial charge in [-0.25, -0.2) is 0 Å². The van der Waals surface area contributed by atoms with Gasteiger partial charge in [-0.15, -0.1) is 24.0 Å². The molecule has 3 heterocycles. The summed E-state index contributed by atoms with van der Waals surface area (Å²) < 4.78 is 11.4. The summed E-state index contributed by atoms with van der Waals surface area (Å²) in [5.41, 5.74) is 1.12. The zero-order chi connectivity index (χ0) is 21.5. The van der Waals surface area contributed by atoms with Gasteiger partial charge in [-0.05, 0) is 62.5 Å². The van der Waals surface area contributed by atoms with Gasteiger partial charge in [-0.3, -0.25) is 9.89 Å². The third kappa shape index (κ3) is 5.98. The number of furan rings is 1. The van der Waals surface area contributed by atoms with Gasteiger partial charge in [0.15, 0.2) is 5.96 Å². The molecule has 2 saturated heterocycles. The summed E-state index contributed by atoms with van der Waals surface area (Å²) >= 11 is 6.60. The number of hydrogen-bond acceptors (Lipinski definition) is 4. The SMILES string of the molecule is CN=C(NCC(c1ccco1)N1CCCC1)NCC1(c2ccccc2Cl)CCOCC1.I. The number of rotatable bonds is 7. The first-order valence-corrected chi connectivity index (χ1v) is 11.6. The molecule has 0 aliphatic carbocycles. The minimum Gasteiger partial charge on any atom is -0.468 e. The van der Waals surface area contributed by atoms with Gasteiger partial charge in [-0.2, -0.15) is 0 Å². The quantitative estimate of drug-likeness (QED) is 0.289. The van der Waals surface area contributed by atoms with Crippen molar-refractivity contribution in [3.05, 3.63) is 59.0 Å². The molecule has 0 radical (unpaired) electrons. The zero-order valence-corrected chi connectivity index (χ0v) is 21.8. The minimum atomic E-state index is -0.0659. The molecule has 2 aliphatic heterocycles. The van der Waals surface area contributed by atoms with Crippen LogP contribution in [0.3, 0.4) is 0 Å². The molecule has 2 fully saturated rings. The minimum absolute atomic E-state index is 0. The number of halogens is 2. The predicted octanol–water partition coefficient (Wildman–Crippen LogP) is 4.60. The Kier molecular flexibility index (Phi) is 9.70. The van der Waals surface area contributed by atoms with E-state index in [0.29, 0.717) is 0 Å². The highest BCUT2D eigenvalue weighted by molar-refractivity contribution is 14.0. The maximum Gasteiger partial charge on any atom is 0.191 e. The summed E-state index contributed by atoms with van der Waals surface area (Å²) in [6.45, 7) is 5.20. The van der Waals surface area contributed by atoms with E-state index in [1.165, 1.54) is 18.4 Å². The van der Waals surface area contributed by atoms with Crippen LogP contribution in [0.4, 0.5) is 0 Å².